The monoisotopic (exact) mass is 303 g/mol. The second kappa shape index (κ2) is 6.36. The van der Waals surface area contributed by atoms with E-state index in [-0.39, 0.29) is 36.7 Å². The molecule has 0 radical (unpaired) electrons. The Balaban J connectivity index is 1.73. The largest absolute Gasteiger partial charge is 0.396 e. The molecule has 1 amide bonds. The third-order valence-electron chi connectivity index (χ3n) is 4.47. The van der Waals surface area contributed by atoms with Gasteiger partial charge in [0.25, 0.3) is 0 Å². The van der Waals surface area contributed by atoms with E-state index >= 15 is 0 Å². The van der Waals surface area contributed by atoms with E-state index in [4.69, 9.17) is 0 Å². The summed E-state index contributed by atoms with van der Waals surface area (Å²) in [5.41, 5.74) is 1.18. The first-order chi connectivity index (χ1) is 10.7. The number of benzene rings is 1. The Morgan fingerprint density at radius 2 is 2.09 bits per heavy atom. The van der Waals surface area contributed by atoms with Gasteiger partial charge in [0.05, 0.1) is 11.0 Å². The molecule has 3 rings (SSSR count). The third kappa shape index (κ3) is 2.92. The van der Waals surface area contributed by atoms with Crippen LogP contribution in [0.1, 0.15) is 25.7 Å². The minimum Gasteiger partial charge on any atom is -0.396 e. The number of amides is 1. The van der Waals surface area contributed by atoms with Crippen LogP contribution in [-0.2, 0) is 11.3 Å². The number of H-pyrrole nitrogens is 1. The van der Waals surface area contributed by atoms with E-state index in [1.165, 1.54) is 4.57 Å². The number of rotatable bonds is 4. The molecular formula is C16H21N3O3. The van der Waals surface area contributed by atoms with Crippen LogP contribution in [0.3, 0.4) is 0 Å². The first kappa shape index (κ1) is 14.8. The van der Waals surface area contributed by atoms with E-state index in [0.717, 1.165) is 36.7 Å². The number of aromatic amines is 1. The van der Waals surface area contributed by atoms with Crippen molar-refractivity contribution < 1.29 is 9.90 Å². The lowest BCUT2D eigenvalue weighted by Crippen LogP contribution is -2.45. The van der Waals surface area contributed by atoms with E-state index in [0.29, 0.717) is 0 Å². The summed E-state index contributed by atoms with van der Waals surface area (Å²) in [7, 11) is 0. The SMILES string of the molecule is O=C(Cn1c(=O)[nH]c2ccccc21)NC1CCCCC1CO. The highest BCUT2D eigenvalue weighted by molar-refractivity contribution is 5.80. The van der Waals surface area contributed by atoms with Crippen molar-refractivity contribution in [2.24, 2.45) is 5.92 Å². The molecule has 118 valence electrons. The van der Waals surface area contributed by atoms with Crippen LogP contribution in [0.5, 0.6) is 0 Å². The van der Waals surface area contributed by atoms with Crippen LogP contribution in [0.2, 0.25) is 0 Å². The fourth-order valence-corrected chi connectivity index (χ4v) is 3.28. The summed E-state index contributed by atoms with van der Waals surface area (Å²) in [6.07, 6.45) is 3.99. The summed E-state index contributed by atoms with van der Waals surface area (Å²) in [5, 5.41) is 12.4. The summed E-state index contributed by atoms with van der Waals surface area (Å²) in [4.78, 5) is 27.0. The quantitative estimate of drug-likeness (QED) is 0.787. The maximum atomic E-state index is 12.3. The highest BCUT2D eigenvalue weighted by Gasteiger charge is 2.26. The molecule has 1 fully saturated rings. The van der Waals surface area contributed by atoms with Gasteiger partial charge in [-0.15, -0.1) is 0 Å². The Morgan fingerprint density at radius 1 is 1.32 bits per heavy atom. The molecule has 1 aromatic heterocycles. The Morgan fingerprint density at radius 3 is 2.91 bits per heavy atom. The summed E-state index contributed by atoms with van der Waals surface area (Å²) in [5.74, 6) is -0.0606. The molecule has 2 unspecified atom stereocenters. The Hall–Kier alpha value is -2.08. The highest BCUT2D eigenvalue weighted by atomic mass is 16.3. The molecule has 1 aliphatic carbocycles. The molecule has 1 aliphatic rings. The predicted octanol–water partition coefficient (Wildman–Crippen LogP) is 0.997. The van der Waals surface area contributed by atoms with E-state index in [1.807, 2.05) is 24.3 Å². The zero-order chi connectivity index (χ0) is 15.5. The molecule has 0 saturated heterocycles. The second-order valence-corrected chi connectivity index (χ2v) is 5.93. The summed E-state index contributed by atoms with van der Waals surface area (Å²) < 4.78 is 1.45. The van der Waals surface area contributed by atoms with Crippen LogP contribution in [-0.4, -0.2) is 33.2 Å². The van der Waals surface area contributed by atoms with Crippen molar-refractivity contribution in [3.8, 4) is 0 Å². The van der Waals surface area contributed by atoms with Gasteiger partial charge in [0.2, 0.25) is 5.91 Å². The van der Waals surface area contributed by atoms with Gasteiger partial charge in [-0.3, -0.25) is 9.36 Å². The fourth-order valence-electron chi connectivity index (χ4n) is 3.28. The number of fused-ring (bicyclic) bond motifs is 1. The van der Waals surface area contributed by atoms with E-state index in [9.17, 15) is 14.7 Å². The first-order valence-electron chi connectivity index (χ1n) is 7.77. The number of hydrogen-bond acceptors (Lipinski definition) is 3. The summed E-state index contributed by atoms with van der Waals surface area (Å²) >= 11 is 0. The van der Waals surface area contributed by atoms with Crippen LogP contribution in [0.4, 0.5) is 0 Å². The predicted molar refractivity (Wildman–Crippen MR) is 83.5 cm³/mol. The molecule has 0 bridgehead atoms. The smallest absolute Gasteiger partial charge is 0.326 e. The molecule has 2 atom stereocenters. The van der Waals surface area contributed by atoms with Crippen LogP contribution < -0.4 is 11.0 Å². The minimum atomic E-state index is -0.279. The van der Waals surface area contributed by atoms with E-state index in [1.54, 1.807) is 0 Å². The number of aliphatic hydroxyl groups excluding tert-OH is 1. The number of nitrogens with one attached hydrogen (secondary N) is 2. The average molecular weight is 303 g/mol. The van der Waals surface area contributed by atoms with Crippen molar-refractivity contribution in [3.63, 3.8) is 0 Å². The topological polar surface area (TPSA) is 87.1 Å². The van der Waals surface area contributed by atoms with Crippen molar-refractivity contribution in [1.82, 2.24) is 14.9 Å². The van der Waals surface area contributed by atoms with Gasteiger partial charge in [0.15, 0.2) is 0 Å². The Bertz CT molecular complexity index is 719. The standard InChI is InChI=1S/C16H21N3O3/c20-10-11-5-1-2-6-12(11)17-15(21)9-19-14-8-4-3-7-13(14)18-16(19)22/h3-4,7-8,11-12,20H,1-2,5-6,9-10H2,(H,17,21)(H,18,22). The zero-order valence-electron chi connectivity index (χ0n) is 12.4. The molecule has 1 heterocycles. The fraction of sp³-hybridized carbons (Fsp3) is 0.500. The average Bonchev–Trinajstić information content (AvgIpc) is 2.84. The molecule has 6 nitrogen and oxygen atoms in total. The van der Waals surface area contributed by atoms with Crippen molar-refractivity contribution in [2.45, 2.75) is 38.3 Å². The summed E-state index contributed by atoms with van der Waals surface area (Å²) in [6, 6.07) is 7.32. The van der Waals surface area contributed by atoms with Crippen LogP contribution in [0, 0.1) is 5.92 Å². The van der Waals surface area contributed by atoms with Gasteiger partial charge in [-0.05, 0) is 25.0 Å². The lowest BCUT2D eigenvalue weighted by molar-refractivity contribution is -0.123. The lowest BCUT2D eigenvalue weighted by atomic mass is 9.85. The summed E-state index contributed by atoms with van der Waals surface area (Å²) in [6.45, 7) is 0.0927. The second-order valence-electron chi connectivity index (χ2n) is 5.93. The number of aliphatic hydroxyl groups is 1. The number of hydrogen-bond donors (Lipinski definition) is 3. The number of carbonyl (C=O) groups excluding carboxylic acids is 1. The van der Waals surface area contributed by atoms with E-state index in [2.05, 4.69) is 10.3 Å². The lowest BCUT2D eigenvalue weighted by Gasteiger charge is -2.30. The number of carbonyl (C=O) groups is 1. The van der Waals surface area contributed by atoms with Crippen molar-refractivity contribution in [2.75, 3.05) is 6.61 Å². The maximum absolute atomic E-state index is 12.3. The van der Waals surface area contributed by atoms with Gasteiger partial charge in [0, 0.05) is 18.6 Å². The highest BCUT2D eigenvalue weighted by Crippen LogP contribution is 2.23. The van der Waals surface area contributed by atoms with Crippen molar-refractivity contribution >= 4 is 16.9 Å². The zero-order valence-corrected chi connectivity index (χ0v) is 12.4. The molecule has 1 aromatic carbocycles. The molecule has 2 aromatic rings. The molecule has 22 heavy (non-hydrogen) atoms. The molecular weight excluding hydrogens is 282 g/mol. The van der Waals surface area contributed by atoms with Crippen LogP contribution in [0.15, 0.2) is 29.1 Å². The van der Waals surface area contributed by atoms with Crippen LogP contribution >= 0.6 is 0 Å². The maximum Gasteiger partial charge on any atom is 0.326 e. The molecule has 3 N–H and O–H groups in total. The normalized spacial score (nSPS) is 21.9. The molecule has 0 spiro atoms. The Kier molecular flexibility index (Phi) is 4.29. The molecule has 1 saturated carbocycles. The van der Waals surface area contributed by atoms with Gasteiger partial charge in [-0.25, -0.2) is 4.79 Å². The van der Waals surface area contributed by atoms with Gasteiger partial charge in [-0.2, -0.15) is 0 Å². The number of imidazole rings is 1. The van der Waals surface area contributed by atoms with Crippen molar-refractivity contribution in [3.05, 3.63) is 34.7 Å². The van der Waals surface area contributed by atoms with Gasteiger partial charge in [0.1, 0.15) is 6.54 Å². The number of para-hydroxylation sites is 2. The minimum absolute atomic E-state index is 0.00248. The number of nitrogens with zero attached hydrogens (tertiary/aromatic N) is 1. The molecule has 6 heteroatoms. The molecule has 0 aliphatic heterocycles. The third-order valence-corrected chi connectivity index (χ3v) is 4.47. The van der Waals surface area contributed by atoms with Gasteiger partial charge < -0.3 is 15.4 Å². The van der Waals surface area contributed by atoms with Crippen LogP contribution in [0.25, 0.3) is 11.0 Å². The first-order valence-corrected chi connectivity index (χ1v) is 7.77. The van der Waals surface area contributed by atoms with Gasteiger partial charge in [-0.1, -0.05) is 25.0 Å². The van der Waals surface area contributed by atoms with Gasteiger partial charge >= 0.3 is 5.69 Å². The number of aromatic nitrogens is 2. The van der Waals surface area contributed by atoms with Crippen molar-refractivity contribution in [1.29, 1.82) is 0 Å². The Labute approximate surface area is 128 Å². The van der Waals surface area contributed by atoms with E-state index < -0.39 is 0 Å².